The average Bonchev–Trinajstić information content (AvgIpc) is 2.88. The number of amides is 1. The summed E-state index contributed by atoms with van der Waals surface area (Å²) in [5, 5.41) is 12.7. The van der Waals surface area contributed by atoms with E-state index in [-0.39, 0.29) is 11.9 Å². The van der Waals surface area contributed by atoms with Crippen LogP contribution in [-0.4, -0.2) is 11.9 Å². The lowest BCUT2D eigenvalue weighted by Gasteiger charge is -2.26. The third kappa shape index (κ3) is 3.26. The molecule has 0 saturated carbocycles. The predicted octanol–water partition coefficient (Wildman–Crippen LogP) is 3.38. The van der Waals surface area contributed by atoms with E-state index in [2.05, 4.69) is 23.5 Å². The first-order valence-corrected chi connectivity index (χ1v) is 7.94. The highest BCUT2D eigenvalue weighted by Gasteiger charge is 2.38. The Morgan fingerprint density at radius 1 is 1.24 bits per heavy atom. The van der Waals surface area contributed by atoms with Crippen molar-refractivity contribution >= 4 is 5.91 Å². The Bertz CT molecular complexity index is 513. The van der Waals surface area contributed by atoms with Gasteiger partial charge in [-0.3, -0.25) is 4.79 Å². The van der Waals surface area contributed by atoms with Crippen LogP contribution in [0, 0.1) is 16.7 Å². The molecule has 1 aliphatic rings. The van der Waals surface area contributed by atoms with Crippen molar-refractivity contribution in [2.24, 2.45) is 5.41 Å². The first-order chi connectivity index (χ1) is 10.1. The van der Waals surface area contributed by atoms with E-state index in [1.54, 1.807) is 0 Å². The van der Waals surface area contributed by atoms with Crippen LogP contribution in [0.15, 0.2) is 24.3 Å². The monoisotopic (exact) mass is 284 g/mol. The van der Waals surface area contributed by atoms with Crippen molar-refractivity contribution < 1.29 is 4.79 Å². The number of nitrogens with one attached hydrogen (secondary N) is 1. The lowest BCUT2D eigenvalue weighted by molar-refractivity contribution is -0.129. The van der Waals surface area contributed by atoms with Gasteiger partial charge in [0.15, 0.2) is 0 Å². The van der Waals surface area contributed by atoms with Gasteiger partial charge in [-0.1, -0.05) is 51.0 Å². The van der Waals surface area contributed by atoms with E-state index in [1.807, 2.05) is 26.0 Å². The molecule has 0 fully saturated rings. The minimum Gasteiger partial charge on any atom is -0.351 e. The Morgan fingerprint density at radius 3 is 2.19 bits per heavy atom. The molecule has 0 spiro atoms. The predicted molar refractivity (Wildman–Crippen MR) is 83.6 cm³/mol. The van der Waals surface area contributed by atoms with Crippen LogP contribution >= 0.6 is 0 Å². The third-order valence-electron chi connectivity index (χ3n) is 4.39. The number of nitriles is 1. The molecular weight excluding hydrogens is 260 g/mol. The number of rotatable bonds is 6. The Labute approximate surface area is 127 Å². The molecule has 0 aliphatic heterocycles. The van der Waals surface area contributed by atoms with E-state index >= 15 is 0 Å². The van der Waals surface area contributed by atoms with Gasteiger partial charge in [0.2, 0.25) is 5.91 Å². The number of nitrogens with zero attached hydrogens (tertiary/aromatic N) is 1. The molecule has 0 heterocycles. The maximum Gasteiger partial charge on any atom is 0.240 e. The van der Waals surface area contributed by atoms with E-state index in [0.29, 0.717) is 12.8 Å². The smallest absolute Gasteiger partial charge is 0.240 e. The summed E-state index contributed by atoms with van der Waals surface area (Å²) in [6.45, 7) is 4.06. The van der Waals surface area contributed by atoms with Gasteiger partial charge in [0.1, 0.15) is 5.41 Å². The second kappa shape index (κ2) is 6.76. The SMILES string of the molecule is CCCC(C#N)(CCC)C(=O)NC1Cc2ccccc2C1. The summed E-state index contributed by atoms with van der Waals surface area (Å²) in [6, 6.07) is 10.8. The molecule has 1 amide bonds. The number of carbonyl (C=O) groups is 1. The number of benzene rings is 1. The van der Waals surface area contributed by atoms with Crippen molar-refractivity contribution in [2.45, 2.75) is 58.4 Å². The van der Waals surface area contributed by atoms with Crippen molar-refractivity contribution in [1.82, 2.24) is 5.32 Å². The molecule has 1 aromatic rings. The van der Waals surface area contributed by atoms with E-state index < -0.39 is 5.41 Å². The number of fused-ring (bicyclic) bond motifs is 1. The molecule has 0 radical (unpaired) electrons. The van der Waals surface area contributed by atoms with Crippen LogP contribution in [0.3, 0.4) is 0 Å². The minimum atomic E-state index is -0.849. The second-order valence-corrected chi connectivity index (χ2v) is 6.04. The Kier molecular flexibility index (Phi) is 5.01. The van der Waals surface area contributed by atoms with Crippen LogP contribution < -0.4 is 5.32 Å². The fourth-order valence-corrected chi connectivity index (χ4v) is 3.35. The number of carbonyl (C=O) groups excluding carboxylic acids is 1. The fraction of sp³-hybridized carbons (Fsp3) is 0.556. The van der Waals surface area contributed by atoms with Crippen LogP contribution in [0.2, 0.25) is 0 Å². The third-order valence-corrected chi connectivity index (χ3v) is 4.39. The van der Waals surface area contributed by atoms with Crippen LogP contribution in [-0.2, 0) is 17.6 Å². The van der Waals surface area contributed by atoms with Gasteiger partial charge >= 0.3 is 0 Å². The second-order valence-electron chi connectivity index (χ2n) is 6.04. The van der Waals surface area contributed by atoms with Crippen LogP contribution in [0.4, 0.5) is 0 Å². The van der Waals surface area contributed by atoms with E-state index in [1.165, 1.54) is 11.1 Å². The molecule has 0 bridgehead atoms. The van der Waals surface area contributed by atoms with Gasteiger partial charge in [-0.2, -0.15) is 5.26 Å². The zero-order valence-electron chi connectivity index (χ0n) is 13.0. The molecule has 2 rings (SSSR count). The molecule has 1 aromatic carbocycles. The lowest BCUT2D eigenvalue weighted by Crippen LogP contribution is -2.45. The van der Waals surface area contributed by atoms with Gasteiger partial charge in [0, 0.05) is 6.04 Å². The fourth-order valence-electron chi connectivity index (χ4n) is 3.35. The Morgan fingerprint density at radius 2 is 1.76 bits per heavy atom. The molecule has 3 heteroatoms. The van der Waals surface area contributed by atoms with Crippen molar-refractivity contribution in [3.63, 3.8) is 0 Å². The standard InChI is InChI=1S/C18H24N2O/c1-3-9-18(13-19,10-4-2)17(21)20-16-11-14-7-5-6-8-15(14)12-16/h5-8,16H,3-4,9-12H2,1-2H3,(H,20,21). The summed E-state index contributed by atoms with van der Waals surface area (Å²) in [5.74, 6) is -0.0773. The molecular formula is C18H24N2O. The largest absolute Gasteiger partial charge is 0.351 e. The van der Waals surface area contributed by atoms with Crippen molar-refractivity contribution in [3.8, 4) is 6.07 Å². The maximum atomic E-state index is 12.6. The van der Waals surface area contributed by atoms with Gasteiger partial charge in [-0.05, 0) is 36.8 Å². The zero-order chi connectivity index (χ0) is 15.3. The van der Waals surface area contributed by atoms with E-state index in [0.717, 1.165) is 25.7 Å². The highest BCUT2D eigenvalue weighted by atomic mass is 16.2. The summed E-state index contributed by atoms with van der Waals surface area (Å²) in [4.78, 5) is 12.6. The number of hydrogen-bond acceptors (Lipinski definition) is 2. The highest BCUT2D eigenvalue weighted by molar-refractivity contribution is 5.85. The quantitative estimate of drug-likeness (QED) is 0.870. The molecule has 112 valence electrons. The van der Waals surface area contributed by atoms with Crippen molar-refractivity contribution in [2.75, 3.05) is 0 Å². The first-order valence-electron chi connectivity index (χ1n) is 7.94. The van der Waals surface area contributed by atoms with Gasteiger partial charge in [0.25, 0.3) is 0 Å². The normalized spacial score (nSPS) is 14.5. The van der Waals surface area contributed by atoms with Crippen LogP contribution in [0.1, 0.15) is 50.7 Å². The van der Waals surface area contributed by atoms with E-state index in [9.17, 15) is 10.1 Å². The summed E-state index contributed by atoms with van der Waals surface area (Å²) in [6.07, 6.45) is 4.74. The molecule has 0 atom stereocenters. The summed E-state index contributed by atoms with van der Waals surface area (Å²) in [7, 11) is 0. The minimum absolute atomic E-state index is 0.0773. The number of hydrogen-bond donors (Lipinski definition) is 1. The van der Waals surface area contributed by atoms with Gasteiger partial charge < -0.3 is 5.32 Å². The van der Waals surface area contributed by atoms with Crippen molar-refractivity contribution in [1.29, 1.82) is 5.26 Å². The summed E-state index contributed by atoms with van der Waals surface area (Å²) >= 11 is 0. The van der Waals surface area contributed by atoms with Gasteiger partial charge in [-0.25, -0.2) is 0 Å². The summed E-state index contributed by atoms with van der Waals surface area (Å²) < 4.78 is 0. The van der Waals surface area contributed by atoms with Crippen LogP contribution in [0.25, 0.3) is 0 Å². The molecule has 21 heavy (non-hydrogen) atoms. The van der Waals surface area contributed by atoms with Gasteiger partial charge in [0.05, 0.1) is 6.07 Å². The lowest BCUT2D eigenvalue weighted by atomic mass is 9.79. The Balaban J connectivity index is 2.06. The maximum absolute atomic E-state index is 12.6. The topological polar surface area (TPSA) is 52.9 Å². The first kappa shape index (κ1) is 15.6. The molecule has 3 nitrogen and oxygen atoms in total. The summed E-state index contributed by atoms with van der Waals surface area (Å²) in [5.41, 5.74) is 1.78. The van der Waals surface area contributed by atoms with E-state index in [4.69, 9.17) is 0 Å². The average molecular weight is 284 g/mol. The molecule has 0 unspecified atom stereocenters. The Hall–Kier alpha value is -1.82. The molecule has 1 N–H and O–H groups in total. The van der Waals surface area contributed by atoms with Crippen LogP contribution in [0.5, 0.6) is 0 Å². The highest BCUT2D eigenvalue weighted by Crippen LogP contribution is 2.30. The molecule has 1 aliphatic carbocycles. The molecule has 0 aromatic heterocycles. The van der Waals surface area contributed by atoms with Gasteiger partial charge in [-0.15, -0.1) is 0 Å². The van der Waals surface area contributed by atoms with Crippen molar-refractivity contribution in [3.05, 3.63) is 35.4 Å². The molecule has 0 saturated heterocycles. The zero-order valence-corrected chi connectivity index (χ0v) is 13.0.